The summed E-state index contributed by atoms with van der Waals surface area (Å²) in [5, 5.41) is 17.3. The number of aliphatic carboxylic acids is 1. The smallest absolute Gasteiger partial charge is 0.342 e. The number of hydrogen-bond donors (Lipinski definition) is 1. The number of methoxy groups -OCH3 is 1. The fourth-order valence-electron chi connectivity index (χ4n) is 1.51. The van der Waals surface area contributed by atoms with Gasteiger partial charge >= 0.3 is 5.97 Å². The highest BCUT2D eigenvalue weighted by molar-refractivity contribution is 8.03. The summed E-state index contributed by atoms with van der Waals surface area (Å²) in [4.78, 5) is 11.4. The molecule has 1 N–H and O–H groups in total. The van der Waals surface area contributed by atoms with Gasteiger partial charge in [-0.1, -0.05) is 11.6 Å². The van der Waals surface area contributed by atoms with Gasteiger partial charge in [-0.15, -0.1) is 10.2 Å². The monoisotopic (exact) mass is 326 g/mol. The summed E-state index contributed by atoms with van der Waals surface area (Å²) < 4.78 is 10.3. The Hall–Kier alpha value is -1.99. The lowest BCUT2D eigenvalue weighted by Crippen LogP contribution is -1.97. The molecule has 0 amide bonds. The first kappa shape index (κ1) is 15.4. The minimum Gasteiger partial charge on any atom is -0.496 e. The van der Waals surface area contributed by atoms with Crippen LogP contribution in [0.5, 0.6) is 5.75 Å². The van der Waals surface area contributed by atoms with E-state index in [2.05, 4.69) is 10.2 Å². The van der Waals surface area contributed by atoms with Crippen LogP contribution in [-0.4, -0.2) is 28.4 Å². The van der Waals surface area contributed by atoms with E-state index >= 15 is 0 Å². The first-order valence-corrected chi connectivity index (χ1v) is 6.95. The second-order valence-corrected chi connectivity index (χ2v) is 5.32. The molecule has 1 aromatic heterocycles. The number of benzene rings is 1. The van der Waals surface area contributed by atoms with Crippen molar-refractivity contribution in [2.45, 2.75) is 12.1 Å². The Morgan fingerprint density at radius 2 is 2.24 bits per heavy atom. The van der Waals surface area contributed by atoms with E-state index in [-0.39, 0.29) is 10.1 Å². The Balaban J connectivity index is 2.37. The Morgan fingerprint density at radius 3 is 2.81 bits per heavy atom. The van der Waals surface area contributed by atoms with Gasteiger partial charge < -0.3 is 14.3 Å². The number of carbonyl (C=O) groups is 1. The van der Waals surface area contributed by atoms with Crippen molar-refractivity contribution in [2.24, 2.45) is 0 Å². The third-order valence-electron chi connectivity index (χ3n) is 2.39. The lowest BCUT2D eigenvalue weighted by atomic mass is 10.2. The lowest BCUT2D eigenvalue weighted by Gasteiger charge is -2.06. The average molecular weight is 327 g/mol. The zero-order valence-corrected chi connectivity index (χ0v) is 12.7. The molecule has 0 unspecified atom stereocenters. The fourth-order valence-corrected chi connectivity index (χ4v) is 2.39. The standard InChI is InChI=1S/C13H11ClN2O4S/c1-7-15-16-13(20-7)21-11(12(17)18)6-8-5-9(14)3-4-10(8)19-2/h3-6H,1-2H3,(H,17,18)/b11-6-. The number of carboxylic acids is 1. The molecule has 110 valence electrons. The van der Waals surface area contributed by atoms with Crippen molar-refractivity contribution in [2.75, 3.05) is 7.11 Å². The van der Waals surface area contributed by atoms with Gasteiger partial charge in [0.2, 0.25) is 5.89 Å². The zero-order chi connectivity index (χ0) is 15.4. The molecule has 21 heavy (non-hydrogen) atoms. The SMILES string of the molecule is COc1ccc(Cl)cc1/C=C(\Sc1nnc(C)o1)C(=O)O. The molecule has 2 rings (SSSR count). The molecule has 0 radical (unpaired) electrons. The molecule has 0 saturated carbocycles. The largest absolute Gasteiger partial charge is 0.496 e. The van der Waals surface area contributed by atoms with Crippen molar-refractivity contribution < 1.29 is 19.1 Å². The van der Waals surface area contributed by atoms with E-state index in [0.717, 1.165) is 11.8 Å². The van der Waals surface area contributed by atoms with Gasteiger partial charge in [-0.25, -0.2) is 4.79 Å². The minimum atomic E-state index is -1.11. The van der Waals surface area contributed by atoms with E-state index in [1.165, 1.54) is 13.2 Å². The summed E-state index contributed by atoms with van der Waals surface area (Å²) in [6, 6.07) is 4.94. The molecule has 1 aromatic carbocycles. The summed E-state index contributed by atoms with van der Waals surface area (Å²) in [6.45, 7) is 1.63. The van der Waals surface area contributed by atoms with Crippen molar-refractivity contribution in [1.82, 2.24) is 10.2 Å². The number of ether oxygens (including phenoxy) is 1. The molecule has 1 heterocycles. The van der Waals surface area contributed by atoms with Crippen LogP contribution in [0.1, 0.15) is 11.5 Å². The van der Waals surface area contributed by atoms with Gasteiger partial charge in [-0.05, 0) is 36.0 Å². The van der Waals surface area contributed by atoms with E-state index in [1.807, 2.05) is 0 Å². The minimum absolute atomic E-state index is 0.0132. The molecule has 0 spiro atoms. The van der Waals surface area contributed by atoms with Gasteiger partial charge in [0.05, 0.1) is 7.11 Å². The van der Waals surface area contributed by atoms with Crippen LogP contribution in [0.15, 0.2) is 32.7 Å². The molecule has 8 heteroatoms. The van der Waals surface area contributed by atoms with E-state index in [0.29, 0.717) is 22.2 Å². The Labute approximate surface area is 129 Å². The highest BCUT2D eigenvalue weighted by Gasteiger charge is 2.15. The second kappa shape index (κ2) is 6.64. The molecule has 0 aliphatic carbocycles. The maximum absolute atomic E-state index is 11.3. The van der Waals surface area contributed by atoms with Gasteiger partial charge in [0.1, 0.15) is 10.7 Å². The van der Waals surface area contributed by atoms with Crippen molar-refractivity contribution in [3.63, 3.8) is 0 Å². The van der Waals surface area contributed by atoms with E-state index in [1.54, 1.807) is 25.1 Å². The third-order valence-corrected chi connectivity index (χ3v) is 3.48. The van der Waals surface area contributed by atoms with E-state index in [9.17, 15) is 9.90 Å². The predicted molar refractivity (Wildman–Crippen MR) is 78.5 cm³/mol. The number of hydrogen-bond acceptors (Lipinski definition) is 6. The maximum Gasteiger partial charge on any atom is 0.342 e. The molecule has 0 atom stereocenters. The van der Waals surface area contributed by atoms with Crippen LogP contribution in [0.25, 0.3) is 6.08 Å². The van der Waals surface area contributed by atoms with E-state index < -0.39 is 5.97 Å². The average Bonchev–Trinajstić information content (AvgIpc) is 2.83. The van der Waals surface area contributed by atoms with Crippen molar-refractivity contribution in [3.8, 4) is 5.75 Å². The number of carboxylic acid groups (broad SMARTS) is 1. The number of halogens is 1. The molecule has 6 nitrogen and oxygen atoms in total. The predicted octanol–water partition coefficient (Wildman–Crippen LogP) is 3.26. The van der Waals surface area contributed by atoms with Crippen LogP contribution in [-0.2, 0) is 4.79 Å². The second-order valence-electron chi connectivity index (χ2n) is 3.89. The summed E-state index contributed by atoms with van der Waals surface area (Å²) in [6.07, 6.45) is 1.44. The molecular formula is C13H11ClN2O4S. The van der Waals surface area contributed by atoms with Crippen LogP contribution < -0.4 is 4.74 Å². The van der Waals surface area contributed by atoms with Gasteiger partial charge in [0.25, 0.3) is 5.22 Å². The first-order valence-electron chi connectivity index (χ1n) is 5.76. The number of nitrogens with zero attached hydrogens (tertiary/aromatic N) is 2. The molecular weight excluding hydrogens is 316 g/mol. The van der Waals surface area contributed by atoms with Gasteiger partial charge in [0.15, 0.2) is 0 Å². The maximum atomic E-state index is 11.3. The number of rotatable bonds is 5. The number of aryl methyl sites for hydroxylation is 1. The van der Waals surface area contributed by atoms with Crippen LogP contribution >= 0.6 is 23.4 Å². The zero-order valence-electron chi connectivity index (χ0n) is 11.2. The summed E-state index contributed by atoms with van der Waals surface area (Å²) >= 11 is 6.78. The normalized spacial score (nSPS) is 11.5. The molecule has 2 aromatic rings. The van der Waals surface area contributed by atoms with Crippen LogP contribution in [0.4, 0.5) is 0 Å². The molecule has 0 bridgehead atoms. The topological polar surface area (TPSA) is 85.5 Å². The van der Waals surface area contributed by atoms with Gasteiger partial charge in [-0.2, -0.15) is 0 Å². The number of aromatic nitrogens is 2. The quantitative estimate of drug-likeness (QED) is 0.666. The van der Waals surface area contributed by atoms with Crippen LogP contribution in [0.2, 0.25) is 5.02 Å². The van der Waals surface area contributed by atoms with Crippen molar-refractivity contribution in [3.05, 3.63) is 39.6 Å². The molecule has 0 aliphatic rings. The Kier molecular flexibility index (Phi) is 4.87. The van der Waals surface area contributed by atoms with Gasteiger partial charge in [0, 0.05) is 17.5 Å². The van der Waals surface area contributed by atoms with Crippen LogP contribution in [0, 0.1) is 6.92 Å². The molecule has 0 aliphatic heterocycles. The first-order chi connectivity index (χ1) is 9.99. The molecule has 0 saturated heterocycles. The van der Waals surface area contributed by atoms with Crippen LogP contribution in [0.3, 0.4) is 0 Å². The fraction of sp³-hybridized carbons (Fsp3) is 0.154. The lowest BCUT2D eigenvalue weighted by molar-refractivity contribution is -0.131. The van der Waals surface area contributed by atoms with Gasteiger partial charge in [-0.3, -0.25) is 0 Å². The highest BCUT2D eigenvalue weighted by Crippen LogP contribution is 2.31. The third kappa shape index (κ3) is 3.99. The van der Waals surface area contributed by atoms with Crippen molar-refractivity contribution in [1.29, 1.82) is 0 Å². The Morgan fingerprint density at radius 1 is 1.48 bits per heavy atom. The molecule has 0 fully saturated rings. The summed E-state index contributed by atoms with van der Waals surface area (Å²) in [5.74, 6) is -0.235. The number of thioether (sulfide) groups is 1. The van der Waals surface area contributed by atoms with E-state index in [4.69, 9.17) is 20.8 Å². The Bertz CT molecular complexity index is 699. The highest BCUT2D eigenvalue weighted by atomic mass is 35.5. The summed E-state index contributed by atoms with van der Waals surface area (Å²) in [7, 11) is 1.50. The van der Waals surface area contributed by atoms with Crippen molar-refractivity contribution >= 4 is 35.4 Å². The summed E-state index contributed by atoms with van der Waals surface area (Å²) in [5.41, 5.74) is 0.547.